The van der Waals surface area contributed by atoms with Crippen LogP contribution in [0.25, 0.3) is 10.9 Å². The Bertz CT molecular complexity index is 1180. The van der Waals surface area contributed by atoms with E-state index in [4.69, 9.17) is 4.98 Å². The maximum Gasteiger partial charge on any atom is 0.254 e. The first kappa shape index (κ1) is 19.0. The van der Waals surface area contributed by atoms with Crippen molar-refractivity contribution >= 4 is 16.8 Å². The molecule has 1 fully saturated rings. The quantitative estimate of drug-likeness (QED) is 0.670. The molecule has 0 spiro atoms. The van der Waals surface area contributed by atoms with Crippen LogP contribution in [0, 0.1) is 11.8 Å². The van der Waals surface area contributed by atoms with E-state index in [1.807, 2.05) is 51.9 Å². The smallest absolute Gasteiger partial charge is 0.254 e. The maximum absolute atomic E-state index is 13.7. The highest BCUT2D eigenvalue weighted by molar-refractivity contribution is 6.06. The summed E-state index contributed by atoms with van der Waals surface area (Å²) in [6.07, 6.45) is 1.90. The highest BCUT2D eigenvalue weighted by Gasteiger charge is 2.36. The van der Waals surface area contributed by atoms with Crippen LogP contribution in [0.2, 0.25) is 0 Å². The molecular weight excluding hydrogens is 374 g/mol. The Labute approximate surface area is 176 Å². The molecule has 5 rings (SSSR count). The lowest BCUT2D eigenvalue weighted by atomic mass is 9.83. The average Bonchev–Trinajstić information content (AvgIpc) is 2.73. The summed E-state index contributed by atoms with van der Waals surface area (Å²) in [4.78, 5) is 32.8. The summed E-state index contributed by atoms with van der Waals surface area (Å²) >= 11 is 0. The van der Waals surface area contributed by atoms with Gasteiger partial charge < -0.3 is 9.47 Å². The van der Waals surface area contributed by atoms with Gasteiger partial charge in [-0.25, -0.2) is 0 Å². The van der Waals surface area contributed by atoms with E-state index in [9.17, 15) is 9.59 Å². The lowest BCUT2D eigenvalue weighted by molar-refractivity contribution is 0.0596. The summed E-state index contributed by atoms with van der Waals surface area (Å²) in [6, 6.07) is 15.4. The first-order valence-electron chi connectivity index (χ1n) is 10.9. The third-order valence-corrected chi connectivity index (χ3v) is 6.38. The standard InChI is InChI=1S/C25H27N3O2/c1-16(2)10-19-12-21(20-6-3-4-7-22(20)26-19)25(30)27-13-17-11-18(15-27)23-8-5-9-24(29)28(23)14-17/h3-9,12,16-18H,10-11,13-15H2,1-2H3. The molecule has 2 aromatic heterocycles. The molecule has 154 valence electrons. The molecule has 2 aliphatic rings. The van der Waals surface area contributed by atoms with Crippen LogP contribution in [-0.4, -0.2) is 33.4 Å². The lowest BCUT2D eigenvalue weighted by Crippen LogP contribution is -2.49. The van der Waals surface area contributed by atoms with Gasteiger partial charge in [-0.1, -0.05) is 38.1 Å². The van der Waals surface area contributed by atoms with Gasteiger partial charge in [0.05, 0.1) is 11.1 Å². The van der Waals surface area contributed by atoms with Crippen LogP contribution in [0.3, 0.4) is 0 Å². The largest absolute Gasteiger partial charge is 0.338 e. The van der Waals surface area contributed by atoms with Crippen molar-refractivity contribution in [2.24, 2.45) is 11.8 Å². The van der Waals surface area contributed by atoms with Gasteiger partial charge in [-0.15, -0.1) is 0 Å². The number of likely N-dealkylation sites (tertiary alicyclic amines) is 1. The Hall–Kier alpha value is -2.95. The van der Waals surface area contributed by atoms with Crippen molar-refractivity contribution in [3.63, 3.8) is 0 Å². The van der Waals surface area contributed by atoms with E-state index in [2.05, 4.69) is 13.8 Å². The molecule has 1 amide bonds. The van der Waals surface area contributed by atoms with Gasteiger partial charge in [-0.2, -0.15) is 0 Å². The molecule has 2 atom stereocenters. The van der Waals surface area contributed by atoms with E-state index < -0.39 is 0 Å². The van der Waals surface area contributed by atoms with Crippen LogP contribution in [-0.2, 0) is 13.0 Å². The Kier molecular flexibility index (Phi) is 4.69. The molecule has 5 heteroatoms. The number of fused-ring (bicyclic) bond motifs is 5. The predicted molar refractivity (Wildman–Crippen MR) is 118 cm³/mol. The zero-order valence-corrected chi connectivity index (χ0v) is 17.5. The van der Waals surface area contributed by atoms with Crippen molar-refractivity contribution in [1.82, 2.24) is 14.5 Å². The molecule has 1 saturated heterocycles. The number of benzene rings is 1. The fourth-order valence-electron chi connectivity index (χ4n) is 5.16. The number of carbonyl (C=O) groups excluding carboxylic acids is 1. The van der Waals surface area contributed by atoms with Crippen LogP contribution in [0.15, 0.2) is 53.3 Å². The molecule has 2 bridgehead atoms. The van der Waals surface area contributed by atoms with Gasteiger partial charge in [0, 0.05) is 48.4 Å². The number of carbonyl (C=O) groups is 1. The van der Waals surface area contributed by atoms with Gasteiger partial charge >= 0.3 is 0 Å². The van der Waals surface area contributed by atoms with E-state index in [1.165, 1.54) is 0 Å². The van der Waals surface area contributed by atoms with Crippen molar-refractivity contribution in [2.75, 3.05) is 13.1 Å². The van der Waals surface area contributed by atoms with Gasteiger partial charge in [0.25, 0.3) is 11.5 Å². The van der Waals surface area contributed by atoms with Gasteiger partial charge in [0.1, 0.15) is 0 Å². The molecule has 2 unspecified atom stereocenters. The van der Waals surface area contributed by atoms with Gasteiger partial charge in [-0.05, 0) is 42.9 Å². The topological polar surface area (TPSA) is 55.2 Å². The lowest BCUT2D eigenvalue weighted by Gasteiger charge is -2.42. The maximum atomic E-state index is 13.7. The van der Waals surface area contributed by atoms with Crippen molar-refractivity contribution in [3.8, 4) is 0 Å². The van der Waals surface area contributed by atoms with E-state index in [-0.39, 0.29) is 17.4 Å². The first-order valence-corrected chi connectivity index (χ1v) is 10.9. The summed E-state index contributed by atoms with van der Waals surface area (Å²) in [7, 11) is 0. The van der Waals surface area contributed by atoms with Crippen LogP contribution < -0.4 is 5.56 Å². The van der Waals surface area contributed by atoms with Crippen LogP contribution >= 0.6 is 0 Å². The van der Waals surface area contributed by atoms with E-state index in [0.717, 1.165) is 40.7 Å². The van der Waals surface area contributed by atoms with Crippen LogP contribution in [0.4, 0.5) is 0 Å². The number of para-hydroxylation sites is 1. The van der Waals surface area contributed by atoms with Crippen molar-refractivity contribution in [3.05, 3.63) is 75.8 Å². The number of hydrogen-bond donors (Lipinski definition) is 0. The van der Waals surface area contributed by atoms with E-state index in [0.29, 0.717) is 31.5 Å². The second-order valence-electron chi connectivity index (χ2n) is 9.18. The minimum Gasteiger partial charge on any atom is -0.338 e. The van der Waals surface area contributed by atoms with Crippen molar-refractivity contribution < 1.29 is 4.79 Å². The minimum absolute atomic E-state index is 0.0698. The number of nitrogens with zero attached hydrogens (tertiary/aromatic N) is 3. The molecule has 0 N–H and O–H groups in total. The van der Waals surface area contributed by atoms with Gasteiger partial charge in [0.2, 0.25) is 0 Å². The molecule has 3 aromatic rings. The molecule has 1 aromatic carbocycles. The highest BCUT2D eigenvalue weighted by atomic mass is 16.2. The van der Waals surface area contributed by atoms with Crippen LogP contribution in [0.5, 0.6) is 0 Å². The van der Waals surface area contributed by atoms with Gasteiger partial charge in [-0.3, -0.25) is 14.6 Å². The molecular formula is C25H27N3O2. The number of piperidine rings is 1. The number of hydrogen-bond acceptors (Lipinski definition) is 3. The Morgan fingerprint density at radius 1 is 1.10 bits per heavy atom. The monoisotopic (exact) mass is 401 g/mol. The number of amides is 1. The third kappa shape index (κ3) is 3.32. The van der Waals surface area contributed by atoms with Crippen molar-refractivity contribution in [2.45, 2.75) is 39.2 Å². The zero-order chi connectivity index (χ0) is 20.8. The summed E-state index contributed by atoms with van der Waals surface area (Å²) in [5, 5.41) is 0.919. The highest BCUT2D eigenvalue weighted by Crippen LogP contribution is 2.36. The Morgan fingerprint density at radius 3 is 2.77 bits per heavy atom. The second-order valence-corrected chi connectivity index (χ2v) is 9.18. The number of pyridine rings is 2. The predicted octanol–water partition coefficient (Wildman–Crippen LogP) is 3.85. The SMILES string of the molecule is CC(C)Cc1cc(C(=O)N2CC3CC(C2)c2cccc(=O)n2C3)c2ccccc2n1. The first-order chi connectivity index (χ1) is 14.5. The van der Waals surface area contributed by atoms with Crippen LogP contribution in [0.1, 0.15) is 47.9 Å². The zero-order valence-electron chi connectivity index (χ0n) is 17.5. The molecule has 4 heterocycles. The molecule has 2 aliphatic heterocycles. The van der Waals surface area contributed by atoms with Gasteiger partial charge in [0.15, 0.2) is 0 Å². The summed E-state index contributed by atoms with van der Waals surface area (Å²) < 4.78 is 1.91. The summed E-state index contributed by atoms with van der Waals surface area (Å²) in [6.45, 7) is 6.40. The number of rotatable bonds is 3. The van der Waals surface area contributed by atoms with E-state index in [1.54, 1.807) is 6.07 Å². The third-order valence-electron chi connectivity index (χ3n) is 6.38. The Morgan fingerprint density at radius 2 is 1.93 bits per heavy atom. The molecule has 0 radical (unpaired) electrons. The Balaban J connectivity index is 1.51. The second kappa shape index (κ2) is 7.38. The summed E-state index contributed by atoms with van der Waals surface area (Å²) in [5.74, 6) is 1.10. The molecule has 0 aliphatic carbocycles. The summed E-state index contributed by atoms with van der Waals surface area (Å²) in [5.41, 5.74) is 3.74. The average molecular weight is 402 g/mol. The normalized spacial score (nSPS) is 20.4. The molecule has 0 saturated carbocycles. The fourth-order valence-corrected chi connectivity index (χ4v) is 5.16. The minimum atomic E-state index is 0.0698. The van der Waals surface area contributed by atoms with Crippen molar-refractivity contribution in [1.29, 1.82) is 0 Å². The molecule has 30 heavy (non-hydrogen) atoms. The molecule has 5 nitrogen and oxygen atoms in total. The fraction of sp³-hybridized carbons (Fsp3) is 0.400. The number of aromatic nitrogens is 2. The van der Waals surface area contributed by atoms with E-state index >= 15 is 0 Å².